The van der Waals surface area contributed by atoms with Crippen molar-refractivity contribution in [1.29, 1.82) is 0 Å². The highest BCUT2D eigenvalue weighted by molar-refractivity contribution is 7.11. The lowest BCUT2D eigenvalue weighted by Gasteiger charge is -2.21. The van der Waals surface area contributed by atoms with Crippen LogP contribution in [0.2, 0.25) is 0 Å². The zero-order chi connectivity index (χ0) is 19.5. The molecular weight excluding hydrogens is 374 g/mol. The molecule has 28 heavy (non-hydrogen) atoms. The Morgan fingerprint density at radius 1 is 1.18 bits per heavy atom. The predicted molar refractivity (Wildman–Crippen MR) is 105 cm³/mol. The van der Waals surface area contributed by atoms with Crippen LogP contribution in [0.1, 0.15) is 31.4 Å². The average Bonchev–Trinajstić information content (AvgIpc) is 3.44. The van der Waals surface area contributed by atoms with Gasteiger partial charge >= 0.3 is 0 Å². The maximum atomic E-state index is 13.3. The van der Waals surface area contributed by atoms with Gasteiger partial charge in [-0.25, -0.2) is 4.68 Å². The summed E-state index contributed by atoms with van der Waals surface area (Å²) in [5, 5.41) is 11.2. The Hall–Kier alpha value is -3.26. The number of benzene rings is 1. The van der Waals surface area contributed by atoms with Crippen molar-refractivity contribution in [3.05, 3.63) is 81.7 Å². The number of aryl methyl sites for hydroxylation is 2. The molecule has 142 valence electrons. The first-order valence-electron chi connectivity index (χ1n) is 8.81. The van der Waals surface area contributed by atoms with Crippen LogP contribution in [0.25, 0.3) is 5.69 Å². The van der Waals surface area contributed by atoms with Crippen molar-refractivity contribution < 1.29 is 9.21 Å². The smallest absolute Gasteiger partial charge is 0.254 e. The summed E-state index contributed by atoms with van der Waals surface area (Å²) in [5.41, 5.74) is 2.38. The summed E-state index contributed by atoms with van der Waals surface area (Å²) >= 11 is 1.70. The van der Waals surface area contributed by atoms with E-state index in [1.54, 1.807) is 33.2 Å². The van der Waals surface area contributed by atoms with Crippen molar-refractivity contribution in [3.8, 4) is 5.69 Å². The summed E-state index contributed by atoms with van der Waals surface area (Å²) in [7, 11) is 0. The van der Waals surface area contributed by atoms with Crippen molar-refractivity contribution >= 4 is 17.2 Å². The molecule has 3 aromatic heterocycles. The molecule has 0 spiro atoms. The molecule has 0 saturated carbocycles. The third-order valence-electron chi connectivity index (χ3n) is 4.40. The Morgan fingerprint density at radius 2 is 2.07 bits per heavy atom. The third-order valence-corrected chi connectivity index (χ3v) is 5.38. The Morgan fingerprint density at radius 3 is 2.71 bits per heavy atom. The van der Waals surface area contributed by atoms with E-state index in [9.17, 15) is 4.79 Å². The molecule has 1 amide bonds. The van der Waals surface area contributed by atoms with Gasteiger partial charge in [0.15, 0.2) is 0 Å². The van der Waals surface area contributed by atoms with Gasteiger partial charge in [-0.2, -0.15) is 0 Å². The van der Waals surface area contributed by atoms with E-state index < -0.39 is 0 Å². The number of tetrazole rings is 1. The van der Waals surface area contributed by atoms with Gasteiger partial charge in [-0.15, -0.1) is 16.4 Å². The molecule has 4 rings (SSSR count). The number of amides is 1. The number of hydrogen-bond donors (Lipinski definition) is 0. The number of hydrogen-bond acceptors (Lipinski definition) is 6. The Bertz CT molecular complexity index is 1070. The van der Waals surface area contributed by atoms with Gasteiger partial charge in [-0.3, -0.25) is 4.79 Å². The number of furan rings is 1. The van der Waals surface area contributed by atoms with E-state index in [0.717, 1.165) is 21.9 Å². The van der Waals surface area contributed by atoms with E-state index in [1.165, 1.54) is 11.2 Å². The van der Waals surface area contributed by atoms with Crippen molar-refractivity contribution in [2.24, 2.45) is 0 Å². The van der Waals surface area contributed by atoms with Crippen LogP contribution in [-0.2, 0) is 13.1 Å². The molecule has 0 aliphatic rings. The Balaban J connectivity index is 1.61. The first-order chi connectivity index (χ1) is 13.6. The highest BCUT2D eigenvalue weighted by atomic mass is 32.1. The summed E-state index contributed by atoms with van der Waals surface area (Å²) < 4.78 is 7.05. The fourth-order valence-electron chi connectivity index (χ4n) is 3.05. The van der Waals surface area contributed by atoms with Gasteiger partial charge in [0, 0.05) is 15.3 Å². The lowest BCUT2D eigenvalue weighted by molar-refractivity contribution is 0.0719. The molecule has 0 atom stereocenters. The summed E-state index contributed by atoms with van der Waals surface area (Å²) in [6.07, 6.45) is 3.16. The normalized spacial score (nSPS) is 10.9. The molecule has 3 heterocycles. The largest absolute Gasteiger partial charge is 0.467 e. The molecule has 0 radical (unpaired) electrons. The van der Waals surface area contributed by atoms with Gasteiger partial charge < -0.3 is 9.32 Å². The second kappa shape index (κ2) is 7.77. The molecule has 0 aliphatic heterocycles. The number of aromatic nitrogens is 4. The zero-order valence-corrected chi connectivity index (χ0v) is 16.4. The van der Waals surface area contributed by atoms with Gasteiger partial charge in [0.25, 0.3) is 5.91 Å². The molecular formula is C20H19N5O2S. The SMILES string of the molecule is Cc1ccc(CN(Cc2ccco2)C(=O)c2ccc(-n3cnnn3)c(C)c2)s1. The Kier molecular flexibility index (Phi) is 5.03. The van der Waals surface area contributed by atoms with Gasteiger partial charge in [0.1, 0.15) is 12.1 Å². The number of carbonyl (C=O) groups excluding carboxylic acids is 1. The van der Waals surface area contributed by atoms with Crippen molar-refractivity contribution in [3.63, 3.8) is 0 Å². The van der Waals surface area contributed by atoms with Crippen LogP contribution < -0.4 is 0 Å². The molecule has 7 nitrogen and oxygen atoms in total. The second-order valence-electron chi connectivity index (χ2n) is 6.51. The van der Waals surface area contributed by atoms with E-state index >= 15 is 0 Å². The van der Waals surface area contributed by atoms with Gasteiger partial charge in [0.05, 0.1) is 25.0 Å². The fourth-order valence-corrected chi connectivity index (χ4v) is 3.95. The number of rotatable bonds is 6. The molecule has 0 saturated heterocycles. The lowest BCUT2D eigenvalue weighted by atomic mass is 10.1. The maximum Gasteiger partial charge on any atom is 0.254 e. The van der Waals surface area contributed by atoms with Gasteiger partial charge in [-0.1, -0.05) is 0 Å². The fraction of sp³-hybridized carbons (Fsp3) is 0.200. The molecule has 0 N–H and O–H groups in total. The van der Waals surface area contributed by atoms with Crippen LogP contribution in [0.15, 0.2) is 59.5 Å². The second-order valence-corrected chi connectivity index (χ2v) is 7.88. The molecule has 0 unspecified atom stereocenters. The average molecular weight is 393 g/mol. The molecule has 0 aliphatic carbocycles. The molecule has 0 bridgehead atoms. The lowest BCUT2D eigenvalue weighted by Crippen LogP contribution is -2.29. The third kappa shape index (κ3) is 3.86. The summed E-state index contributed by atoms with van der Waals surface area (Å²) in [4.78, 5) is 17.4. The first kappa shape index (κ1) is 18.1. The molecule has 4 aromatic rings. The van der Waals surface area contributed by atoms with Gasteiger partial charge in [-0.05, 0) is 72.3 Å². The number of carbonyl (C=O) groups is 1. The molecule has 8 heteroatoms. The minimum atomic E-state index is -0.0474. The van der Waals surface area contributed by atoms with Crippen LogP contribution in [0.3, 0.4) is 0 Å². The summed E-state index contributed by atoms with van der Waals surface area (Å²) in [5.74, 6) is 0.706. The zero-order valence-electron chi connectivity index (χ0n) is 15.6. The van der Waals surface area contributed by atoms with Crippen LogP contribution in [0.5, 0.6) is 0 Å². The van der Waals surface area contributed by atoms with Crippen LogP contribution in [0.4, 0.5) is 0 Å². The van der Waals surface area contributed by atoms with Gasteiger partial charge in [0.2, 0.25) is 0 Å². The summed E-state index contributed by atoms with van der Waals surface area (Å²) in [6, 6.07) is 13.4. The maximum absolute atomic E-state index is 13.3. The Labute approximate surface area is 166 Å². The van der Waals surface area contributed by atoms with E-state index in [1.807, 2.05) is 31.2 Å². The van der Waals surface area contributed by atoms with E-state index in [4.69, 9.17) is 4.42 Å². The number of thiophene rings is 1. The molecule has 0 fully saturated rings. The van der Waals surface area contributed by atoms with Crippen LogP contribution >= 0.6 is 11.3 Å². The van der Waals surface area contributed by atoms with Crippen molar-refractivity contribution in [1.82, 2.24) is 25.1 Å². The number of nitrogens with zero attached hydrogens (tertiary/aromatic N) is 5. The monoisotopic (exact) mass is 393 g/mol. The standard InChI is InChI=1S/C20H19N5O2S/c1-14-10-16(6-8-19(14)25-13-21-22-23-25)20(26)24(11-17-4-3-9-27-17)12-18-7-5-15(2)28-18/h3-10,13H,11-12H2,1-2H3. The highest BCUT2D eigenvalue weighted by Crippen LogP contribution is 2.22. The molecule has 1 aromatic carbocycles. The minimum Gasteiger partial charge on any atom is -0.467 e. The van der Waals surface area contributed by atoms with E-state index in [2.05, 4.69) is 34.6 Å². The van der Waals surface area contributed by atoms with E-state index in [0.29, 0.717) is 18.7 Å². The van der Waals surface area contributed by atoms with E-state index in [-0.39, 0.29) is 5.91 Å². The first-order valence-corrected chi connectivity index (χ1v) is 9.63. The predicted octanol–water partition coefficient (Wildman–Crippen LogP) is 3.78. The summed E-state index contributed by atoms with van der Waals surface area (Å²) in [6.45, 7) is 4.95. The van der Waals surface area contributed by atoms with Crippen molar-refractivity contribution in [2.75, 3.05) is 0 Å². The quantitative estimate of drug-likeness (QED) is 0.498. The van der Waals surface area contributed by atoms with Crippen molar-refractivity contribution in [2.45, 2.75) is 26.9 Å². The van der Waals surface area contributed by atoms with Crippen LogP contribution in [-0.4, -0.2) is 31.0 Å². The van der Waals surface area contributed by atoms with Crippen LogP contribution in [0, 0.1) is 13.8 Å². The minimum absolute atomic E-state index is 0.0474. The highest BCUT2D eigenvalue weighted by Gasteiger charge is 2.19. The topological polar surface area (TPSA) is 77.0 Å².